The van der Waals surface area contributed by atoms with Gasteiger partial charge in [0.05, 0.1) is 11.9 Å². The second-order valence-corrected chi connectivity index (χ2v) is 11.8. The molecular weight excluding hydrogens is 510 g/mol. The van der Waals surface area contributed by atoms with Gasteiger partial charge in [-0.15, -0.1) is 0 Å². The maximum absolute atomic E-state index is 14.1. The number of carbonyl (C=O) groups is 2. The fourth-order valence-corrected chi connectivity index (χ4v) is 5.58. The highest BCUT2D eigenvalue weighted by Crippen LogP contribution is 2.27. The summed E-state index contributed by atoms with van der Waals surface area (Å²) in [7, 11) is -3.80. The number of carbonyl (C=O) groups excluding carboxylic acids is 2. The number of benzene rings is 3. The van der Waals surface area contributed by atoms with Crippen LogP contribution in [0.3, 0.4) is 0 Å². The van der Waals surface area contributed by atoms with E-state index in [1.54, 1.807) is 0 Å². The molecule has 0 heterocycles. The molecule has 0 unspecified atom stereocenters. The summed E-state index contributed by atoms with van der Waals surface area (Å²) in [6, 6.07) is 23.7. The number of rotatable bonds is 13. The lowest BCUT2D eigenvalue weighted by atomic mass is 10.0. The number of aryl methyl sites for hydroxylation is 2. The van der Waals surface area contributed by atoms with Gasteiger partial charge >= 0.3 is 0 Å². The van der Waals surface area contributed by atoms with Crippen LogP contribution in [0.5, 0.6) is 0 Å². The third-order valence-electron chi connectivity index (χ3n) is 6.66. The van der Waals surface area contributed by atoms with Crippen molar-refractivity contribution in [1.29, 1.82) is 0 Å². The molecule has 3 rings (SSSR count). The van der Waals surface area contributed by atoms with Crippen LogP contribution in [0.15, 0.2) is 78.9 Å². The fraction of sp³-hybridized carbons (Fsp3) is 0.355. The van der Waals surface area contributed by atoms with Crippen LogP contribution >= 0.6 is 0 Å². The van der Waals surface area contributed by atoms with Gasteiger partial charge in [0, 0.05) is 19.5 Å². The molecule has 1 N–H and O–H groups in total. The largest absolute Gasteiger partial charge is 0.354 e. The van der Waals surface area contributed by atoms with E-state index in [9.17, 15) is 18.0 Å². The van der Waals surface area contributed by atoms with Crippen molar-refractivity contribution in [3.05, 3.63) is 101 Å². The number of hydrogen-bond donors (Lipinski definition) is 1. The first kappa shape index (κ1) is 29.9. The Morgan fingerprint density at radius 1 is 0.846 bits per heavy atom. The first-order chi connectivity index (χ1) is 18.6. The Hall–Kier alpha value is -3.65. The Bertz CT molecular complexity index is 1320. The SMILES string of the molecule is CCCCNC(=O)[C@@H](Cc1ccccc1)N(Cc1ccccc1)C(=O)CN(c1c(C)cccc1C)S(C)(=O)=O. The van der Waals surface area contributed by atoms with Gasteiger partial charge in [-0.2, -0.15) is 0 Å². The van der Waals surface area contributed by atoms with Gasteiger partial charge in [0.15, 0.2) is 0 Å². The van der Waals surface area contributed by atoms with Crippen molar-refractivity contribution in [2.45, 2.75) is 52.6 Å². The van der Waals surface area contributed by atoms with Crippen molar-refractivity contribution in [2.24, 2.45) is 0 Å². The van der Waals surface area contributed by atoms with E-state index in [4.69, 9.17) is 0 Å². The molecule has 8 heteroatoms. The lowest BCUT2D eigenvalue weighted by Gasteiger charge is -2.34. The molecule has 0 fully saturated rings. The smallest absolute Gasteiger partial charge is 0.244 e. The third kappa shape index (κ3) is 8.42. The van der Waals surface area contributed by atoms with Gasteiger partial charge < -0.3 is 10.2 Å². The van der Waals surface area contributed by atoms with E-state index in [-0.39, 0.29) is 12.5 Å². The zero-order valence-electron chi connectivity index (χ0n) is 23.3. The second-order valence-electron chi connectivity index (χ2n) is 9.87. The Balaban J connectivity index is 2.05. The number of nitrogens with zero attached hydrogens (tertiary/aromatic N) is 2. The minimum atomic E-state index is -3.80. The Kier molecular flexibility index (Phi) is 10.7. The quantitative estimate of drug-likeness (QED) is 0.315. The van der Waals surface area contributed by atoms with Crippen LogP contribution in [0.1, 0.15) is 42.0 Å². The number of hydrogen-bond acceptors (Lipinski definition) is 4. The van der Waals surface area contributed by atoms with Gasteiger partial charge in [-0.05, 0) is 42.5 Å². The van der Waals surface area contributed by atoms with Crippen molar-refractivity contribution in [2.75, 3.05) is 23.7 Å². The summed E-state index contributed by atoms with van der Waals surface area (Å²) in [5.41, 5.74) is 3.75. The molecule has 1 atom stereocenters. The molecule has 3 aromatic carbocycles. The first-order valence-corrected chi connectivity index (χ1v) is 15.2. The number of anilines is 1. The average molecular weight is 550 g/mol. The molecule has 0 aliphatic heterocycles. The van der Waals surface area contributed by atoms with Crippen molar-refractivity contribution < 1.29 is 18.0 Å². The molecule has 2 amide bonds. The molecule has 0 aliphatic carbocycles. The van der Waals surface area contributed by atoms with Crippen LogP contribution in [0, 0.1) is 13.8 Å². The van der Waals surface area contributed by atoms with Gasteiger partial charge in [-0.3, -0.25) is 13.9 Å². The summed E-state index contributed by atoms with van der Waals surface area (Å²) < 4.78 is 27.2. The second kappa shape index (κ2) is 13.9. The number of amides is 2. The van der Waals surface area contributed by atoms with Crippen LogP contribution in [-0.4, -0.2) is 50.5 Å². The van der Waals surface area contributed by atoms with Gasteiger partial charge in [-0.1, -0.05) is 92.2 Å². The summed E-state index contributed by atoms with van der Waals surface area (Å²) in [6.45, 7) is 5.96. The summed E-state index contributed by atoms with van der Waals surface area (Å²) in [5.74, 6) is -0.701. The minimum absolute atomic E-state index is 0.169. The average Bonchev–Trinajstić information content (AvgIpc) is 2.90. The van der Waals surface area contributed by atoms with E-state index in [0.717, 1.165) is 45.7 Å². The lowest BCUT2D eigenvalue weighted by Crippen LogP contribution is -2.53. The van der Waals surface area contributed by atoms with Crippen LogP contribution in [0.25, 0.3) is 0 Å². The summed E-state index contributed by atoms with van der Waals surface area (Å²) >= 11 is 0. The summed E-state index contributed by atoms with van der Waals surface area (Å²) in [4.78, 5) is 29.2. The molecule has 7 nitrogen and oxygen atoms in total. The van der Waals surface area contributed by atoms with Crippen molar-refractivity contribution in [1.82, 2.24) is 10.2 Å². The summed E-state index contributed by atoms with van der Waals surface area (Å²) in [6.07, 6.45) is 3.16. The topological polar surface area (TPSA) is 86.8 Å². The highest BCUT2D eigenvalue weighted by Gasteiger charge is 2.33. The minimum Gasteiger partial charge on any atom is -0.354 e. The molecule has 0 saturated heterocycles. The predicted molar refractivity (Wildman–Crippen MR) is 157 cm³/mol. The van der Waals surface area contributed by atoms with Gasteiger partial charge in [0.25, 0.3) is 0 Å². The summed E-state index contributed by atoms with van der Waals surface area (Å²) in [5, 5.41) is 2.99. The number of unbranched alkanes of at least 4 members (excludes halogenated alkanes) is 1. The van der Waals surface area contributed by atoms with E-state index < -0.39 is 28.5 Å². The number of sulfonamides is 1. The highest BCUT2D eigenvalue weighted by atomic mass is 32.2. The van der Waals surface area contributed by atoms with Gasteiger partial charge in [-0.25, -0.2) is 8.42 Å². The molecule has 0 radical (unpaired) electrons. The predicted octanol–water partition coefficient (Wildman–Crippen LogP) is 4.63. The van der Waals surface area contributed by atoms with Gasteiger partial charge in [0.1, 0.15) is 12.6 Å². The standard InChI is InChI=1S/C31H39N3O4S/c1-5-6-20-32-31(36)28(21-26-16-9-7-10-17-26)33(22-27-18-11-8-12-19-27)29(35)23-34(39(4,37)38)30-24(2)14-13-15-25(30)3/h7-19,28H,5-6,20-23H2,1-4H3,(H,32,36)/t28-/m1/s1. The van der Waals surface area contributed by atoms with Crippen molar-refractivity contribution in [3.63, 3.8) is 0 Å². The molecule has 0 bridgehead atoms. The first-order valence-electron chi connectivity index (χ1n) is 13.3. The van der Waals surface area contributed by atoms with E-state index in [0.29, 0.717) is 18.7 Å². The van der Waals surface area contributed by atoms with Crippen LogP contribution in [0.4, 0.5) is 5.69 Å². The third-order valence-corrected chi connectivity index (χ3v) is 7.78. The number of nitrogens with one attached hydrogen (secondary N) is 1. The molecule has 0 spiro atoms. The molecule has 0 saturated carbocycles. The van der Waals surface area contributed by atoms with E-state index in [1.165, 1.54) is 4.90 Å². The molecular formula is C31H39N3O4S. The molecule has 3 aromatic rings. The van der Waals surface area contributed by atoms with Crippen molar-refractivity contribution in [3.8, 4) is 0 Å². The monoisotopic (exact) mass is 549 g/mol. The van der Waals surface area contributed by atoms with E-state index in [1.807, 2.05) is 99.6 Å². The Morgan fingerprint density at radius 3 is 1.95 bits per heavy atom. The van der Waals surface area contributed by atoms with Crippen LogP contribution in [-0.2, 0) is 32.6 Å². The Labute approximate surface area is 232 Å². The zero-order chi connectivity index (χ0) is 28.4. The fourth-order valence-electron chi connectivity index (χ4n) is 4.62. The van der Waals surface area contributed by atoms with Crippen LogP contribution in [0.2, 0.25) is 0 Å². The van der Waals surface area contributed by atoms with E-state index >= 15 is 0 Å². The molecule has 0 aliphatic rings. The molecule has 0 aromatic heterocycles. The van der Waals surface area contributed by atoms with Crippen molar-refractivity contribution >= 4 is 27.5 Å². The molecule has 39 heavy (non-hydrogen) atoms. The maximum Gasteiger partial charge on any atom is 0.244 e. The maximum atomic E-state index is 14.1. The van der Waals surface area contributed by atoms with E-state index in [2.05, 4.69) is 5.32 Å². The van der Waals surface area contributed by atoms with Crippen LogP contribution < -0.4 is 9.62 Å². The lowest BCUT2D eigenvalue weighted by molar-refractivity contribution is -0.140. The number of para-hydroxylation sites is 1. The van der Waals surface area contributed by atoms with Gasteiger partial charge in [0.2, 0.25) is 21.8 Å². The zero-order valence-corrected chi connectivity index (χ0v) is 24.1. The normalized spacial score (nSPS) is 12.0. The molecule has 208 valence electrons. The Morgan fingerprint density at radius 2 is 1.41 bits per heavy atom. The highest BCUT2D eigenvalue weighted by molar-refractivity contribution is 7.92.